The average molecular weight is 763 g/mol. The summed E-state index contributed by atoms with van der Waals surface area (Å²) in [5.41, 5.74) is -1.45. The van der Waals surface area contributed by atoms with Crippen LogP contribution >= 0.6 is 15.2 Å². The molecule has 4 N–H and O–H groups in total. The van der Waals surface area contributed by atoms with E-state index in [9.17, 15) is 29.6 Å². The van der Waals surface area contributed by atoms with Crippen molar-refractivity contribution in [3.8, 4) is 23.0 Å². The summed E-state index contributed by atoms with van der Waals surface area (Å²) in [4.78, 5) is 0. The maximum absolute atomic E-state index is 15.0. The smallest absolute Gasteiger partial charge is 0.341 e. The highest BCUT2D eigenvalue weighted by Gasteiger charge is 2.46. The topological polar surface area (TPSA) is 152 Å². The Morgan fingerprint density at radius 2 is 0.654 bits per heavy atom. The molecule has 3 aromatic carbocycles. The van der Waals surface area contributed by atoms with Gasteiger partial charge in [0.25, 0.3) is 0 Å². The average Bonchev–Trinajstić information content (AvgIpc) is 3.01. The zero-order valence-electron chi connectivity index (χ0n) is 33.8. The molecule has 0 radical (unpaired) electrons. The predicted molar refractivity (Wildman–Crippen MR) is 208 cm³/mol. The van der Waals surface area contributed by atoms with Gasteiger partial charge in [0.05, 0.1) is 0 Å². The standard InChI is InChI=1S/C40H60O10P2/c1-37(2,3)27-17-23(18-28(33(27)43)38(4,5)6)35(51(45,47-13)48-14)25-21-31(41)32(42)22-26(25)36(52(46,49-15)50-16)24-19-29(39(7,8)9)34(44)30(20-24)40(10,11)12/h17-22,35-36,41-44H,1-16H3. The molecule has 0 amide bonds. The van der Waals surface area contributed by atoms with Gasteiger partial charge in [0, 0.05) is 28.4 Å². The minimum atomic E-state index is -4.22. The van der Waals surface area contributed by atoms with Crippen LogP contribution in [0.5, 0.6) is 23.0 Å². The summed E-state index contributed by atoms with van der Waals surface area (Å²) in [5.74, 6) is -0.882. The van der Waals surface area contributed by atoms with Gasteiger partial charge in [0.15, 0.2) is 11.5 Å². The van der Waals surface area contributed by atoms with E-state index in [0.29, 0.717) is 33.4 Å². The Kier molecular flexibility index (Phi) is 12.4. The first-order valence-corrected chi connectivity index (χ1v) is 20.5. The third kappa shape index (κ3) is 8.43. The van der Waals surface area contributed by atoms with Gasteiger partial charge in [-0.05, 0) is 78.3 Å². The molecule has 0 bridgehead atoms. The molecule has 0 saturated heterocycles. The summed E-state index contributed by atoms with van der Waals surface area (Å²) >= 11 is 0. The van der Waals surface area contributed by atoms with Crippen LogP contribution in [0, 0.1) is 0 Å². The highest BCUT2D eigenvalue weighted by molar-refractivity contribution is 7.55. The van der Waals surface area contributed by atoms with Crippen molar-refractivity contribution in [2.24, 2.45) is 0 Å². The van der Waals surface area contributed by atoms with Crippen LogP contribution in [-0.2, 0) is 48.9 Å². The van der Waals surface area contributed by atoms with Crippen molar-refractivity contribution >= 4 is 15.2 Å². The fourth-order valence-corrected chi connectivity index (χ4v) is 9.93. The molecular formula is C40H60O10P2. The Morgan fingerprint density at radius 1 is 0.442 bits per heavy atom. The van der Waals surface area contributed by atoms with Gasteiger partial charge in [-0.25, -0.2) is 0 Å². The molecule has 2 atom stereocenters. The van der Waals surface area contributed by atoms with Crippen molar-refractivity contribution in [1.29, 1.82) is 0 Å². The summed E-state index contributed by atoms with van der Waals surface area (Å²) in [6.07, 6.45) is 0. The third-order valence-electron chi connectivity index (χ3n) is 9.55. The van der Waals surface area contributed by atoms with Crippen molar-refractivity contribution in [2.75, 3.05) is 28.4 Å². The largest absolute Gasteiger partial charge is 0.507 e. The van der Waals surface area contributed by atoms with E-state index in [2.05, 4.69) is 0 Å². The monoisotopic (exact) mass is 762 g/mol. The van der Waals surface area contributed by atoms with Gasteiger partial charge >= 0.3 is 15.2 Å². The molecule has 0 fully saturated rings. The Labute approximate surface area is 310 Å². The van der Waals surface area contributed by atoms with E-state index in [-0.39, 0.29) is 22.6 Å². The molecule has 2 unspecified atom stereocenters. The van der Waals surface area contributed by atoms with Crippen LogP contribution in [0.15, 0.2) is 36.4 Å². The second-order valence-electron chi connectivity index (χ2n) is 17.5. The van der Waals surface area contributed by atoms with Gasteiger partial charge in [-0.3, -0.25) is 9.13 Å². The van der Waals surface area contributed by atoms with Gasteiger partial charge in [0.1, 0.15) is 22.8 Å². The number of benzene rings is 3. The number of hydrogen-bond acceptors (Lipinski definition) is 10. The SMILES string of the molecule is COP(=O)(OC)C(c1cc(C(C)(C)C)c(O)c(C(C)(C)C)c1)c1cc(O)c(O)cc1C(c1cc(C(C)(C)C)c(O)c(C(C)(C)C)c1)P(=O)(OC)OC. The van der Waals surface area contributed by atoms with Crippen molar-refractivity contribution in [3.63, 3.8) is 0 Å². The van der Waals surface area contributed by atoms with Crippen LogP contribution < -0.4 is 0 Å². The minimum absolute atomic E-state index is 0.0931. The molecule has 52 heavy (non-hydrogen) atoms. The zero-order chi connectivity index (χ0) is 40.2. The Bertz CT molecular complexity index is 1670. The summed E-state index contributed by atoms with van der Waals surface area (Å²) in [6.45, 7) is 23.4. The number of phenols is 4. The van der Waals surface area contributed by atoms with Crippen molar-refractivity contribution in [1.82, 2.24) is 0 Å². The highest BCUT2D eigenvalue weighted by Crippen LogP contribution is 2.69. The Hall–Kier alpha value is -2.84. The lowest BCUT2D eigenvalue weighted by atomic mass is 9.77. The number of phenolic OH excluding ortho intramolecular Hbond substituents is 4. The zero-order valence-corrected chi connectivity index (χ0v) is 35.5. The van der Waals surface area contributed by atoms with Crippen molar-refractivity contribution in [3.05, 3.63) is 80.9 Å². The maximum atomic E-state index is 15.0. The predicted octanol–water partition coefficient (Wildman–Crippen LogP) is 10.8. The minimum Gasteiger partial charge on any atom is -0.507 e. The lowest BCUT2D eigenvalue weighted by Gasteiger charge is -2.35. The quantitative estimate of drug-likeness (QED) is 0.116. The number of hydrogen-bond donors (Lipinski definition) is 4. The molecule has 0 aliphatic carbocycles. The molecule has 12 heteroatoms. The summed E-state index contributed by atoms with van der Waals surface area (Å²) < 4.78 is 52.7. The van der Waals surface area contributed by atoms with Crippen LogP contribution in [0.25, 0.3) is 0 Å². The first kappa shape index (κ1) is 43.6. The molecule has 0 saturated carbocycles. The van der Waals surface area contributed by atoms with E-state index in [0.717, 1.165) is 0 Å². The highest BCUT2D eigenvalue weighted by atomic mass is 31.2. The van der Waals surface area contributed by atoms with Crippen LogP contribution in [0.3, 0.4) is 0 Å². The van der Waals surface area contributed by atoms with Crippen molar-refractivity contribution < 1.29 is 47.7 Å². The van der Waals surface area contributed by atoms with Gasteiger partial charge < -0.3 is 38.5 Å². The van der Waals surface area contributed by atoms with Crippen LogP contribution in [0.1, 0.15) is 139 Å². The molecule has 3 aromatic rings. The van der Waals surface area contributed by atoms with Crippen LogP contribution in [0.2, 0.25) is 0 Å². The van der Waals surface area contributed by atoms with Crippen LogP contribution in [0.4, 0.5) is 0 Å². The molecule has 0 aliphatic heterocycles. The van der Waals surface area contributed by atoms with E-state index in [1.807, 2.05) is 83.1 Å². The fraction of sp³-hybridized carbons (Fsp3) is 0.550. The molecule has 0 aromatic heterocycles. The molecule has 290 valence electrons. The lowest BCUT2D eigenvalue weighted by Crippen LogP contribution is -2.21. The Balaban J connectivity index is 2.74. The Morgan fingerprint density at radius 3 is 0.827 bits per heavy atom. The molecule has 0 spiro atoms. The first-order chi connectivity index (χ1) is 23.5. The summed E-state index contributed by atoms with van der Waals surface area (Å²) in [7, 11) is -3.43. The van der Waals surface area contributed by atoms with E-state index in [1.165, 1.54) is 40.6 Å². The van der Waals surface area contributed by atoms with Gasteiger partial charge in [-0.15, -0.1) is 0 Å². The number of aromatic hydroxyl groups is 4. The second-order valence-corrected chi connectivity index (χ2v) is 22.2. The number of rotatable bonds is 10. The van der Waals surface area contributed by atoms with Gasteiger partial charge in [0.2, 0.25) is 0 Å². The summed E-state index contributed by atoms with van der Waals surface area (Å²) in [6, 6.07) is 9.49. The van der Waals surface area contributed by atoms with Crippen LogP contribution in [-0.4, -0.2) is 48.9 Å². The lowest BCUT2D eigenvalue weighted by molar-refractivity contribution is 0.266. The molecule has 10 nitrogen and oxygen atoms in total. The summed E-state index contributed by atoms with van der Waals surface area (Å²) in [5, 5.41) is 45.5. The molecule has 3 rings (SSSR count). The van der Waals surface area contributed by atoms with Crippen molar-refractivity contribution in [2.45, 2.75) is 116 Å². The third-order valence-corrected chi connectivity index (χ3v) is 14.0. The first-order valence-electron chi connectivity index (χ1n) is 17.3. The second kappa shape index (κ2) is 14.8. The normalized spacial score (nSPS) is 14.8. The van der Waals surface area contributed by atoms with E-state index < -0.39 is 59.7 Å². The fourth-order valence-electron chi connectivity index (χ4n) is 6.63. The van der Waals surface area contributed by atoms with Gasteiger partial charge in [-0.2, -0.15) is 0 Å². The molecule has 0 heterocycles. The van der Waals surface area contributed by atoms with E-state index in [1.54, 1.807) is 24.3 Å². The van der Waals surface area contributed by atoms with Gasteiger partial charge in [-0.1, -0.05) is 107 Å². The van der Waals surface area contributed by atoms with E-state index in [4.69, 9.17) is 18.1 Å². The van der Waals surface area contributed by atoms with E-state index >= 15 is 0 Å². The molecule has 0 aliphatic rings. The molecular weight excluding hydrogens is 702 g/mol. The maximum Gasteiger partial charge on any atom is 0.341 e.